The van der Waals surface area contributed by atoms with Crippen LogP contribution in [-0.2, 0) is 11.2 Å². The van der Waals surface area contributed by atoms with E-state index >= 15 is 0 Å². The van der Waals surface area contributed by atoms with Crippen LogP contribution >= 0.6 is 11.3 Å². The second-order valence-electron chi connectivity index (χ2n) is 4.10. The fourth-order valence-electron chi connectivity index (χ4n) is 1.82. The number of carbonyl (C=O) groups excluding carboxylic acids is 1. The minimum atomic E-state index is -0.295. The first-order valence-electron chi connectivity index (χ1n) is 6.55. The Morgan fingerprint density at radius 2 is 1.95 bits per heavy atom. The molecular formula is C15H17NO3S. The Hall–Kier alpha value is -1.88. The van der Waals surface area contributed by atoms with Gasteiger partial charge in [0, 0.05) is 6.42 Å². The van der Waals surface area contributed by atoms with Gasteiger partial charge in [0.05, 0.1) is 24.4 Å². The third kappa shape index (κ3) is 3.57. The molecule has 0 N–H and O–H groups in total. The lowest BCUT2D eigenvalue weighted by Gasteiger charge is -2.05. The number of aromatic nitrogens is 1. The minimum Gasteiger partial charge on any atom is -0.494 e. The smallest absolute Gasteiger partial charge is 0.350 e. The Balaban J connectivity index is 2.10. The molecule has 1 aromatic carbocycles. The van der Waals surface area contributed by atoms with E-state index in [-0.39, 0.29) is 5.97 Å². The molecule has 1 aromatic heterocycles. The van der Waals surface area contributed by atoms with Gasteiger partial charge in [0.1, 0.15) is 10.6 Å². The van der Waals surface area contributed by atoms with Crippen LogP contribution < -0.4 is 4.74 Å². The zero-order valence-electron chi connectivity index (χ0n) is 11.6. The predicted molar refractivity (Wildman–Crippen MR) is 78.5 cm³/mol. The maximum Gasteiger partial charge on any atom is 0.350 e. The summed E-state index contributed by atoms with van der Waals surface area (Å²) in [6.07, 6.45) is 0.615. The molecule has 0 aliphatic rings. The van der Waals surface area contributed by atoms with Crippen molar-refractivity contribution >= 4 is 17.3 Å². The molecular weight excluding hydrogens is 274 g/mol. The van der Waals surface area contributed by atoms with Crippen LogP contribution in [-0.4, -0.2) is 24.2 Å². The van der Waals surface area contributed by atoms with Crippen LogP contribution in [0.25, 0.3) is 0 Å². The number of hydrogen-bond acceptors (Lipinski definition) is 5. The van der Waals surface area contributed by atoms with Crippen LogP contribution in [0.4, 0.5) is 0 Å². The Morgan fingerprint density at radius 1 is 1.20 bits per heavy atom. The molecule has 0 amide bonds. The first-order chi connectivity index (χ1) is 9.74. The van der Waals surface area contributed by atoms with E-state index in [0.717, 1.165) is 17.0 Å². The molecule has 0 radical (unpaired) electrons. The van der Waals surface area contributed by atoms with Crippen molar-refractivity contribution in [3.8, 4) is 5.75 Å². The molecule has 0 saturated heterocycles. The molecule has 0 fully saturated rings. The molecule has 5 heteroatoms. The first kappa shape index (κ1) is 14.5. The topological polar surface area (TPSA) is 48.4 Å². The summed E-state index contributed by atoms with van der Waals surface area (Å²) >= 11 is 1.32. The van der Waals surface area contributed by atoms with Crippen molar-refractivity contribution in [1.29, 1.82) is 0 Å². The van der Waals surface area contributed by atoms with E-state index in [1.807, 2.05) is 31.2 Å². The van der Waals surface area contributed by atoms with E-state index in [1.54, 1.807) is 12.4 Å². The van der Waals surface area contributed by atoms with Gasteiger partial charge in [-0.25, -0.2) is 9.78 Å². The highest BCUT2D eigenvalue weighted by atomic mass is 32.1. The van der Waals surface area contributed by atoms with Crippen LogP contribution in [0.1, 0.15) is 34.8 Å². The zero-order chi connectivity index (χ0) is 14.4. The van der Waals surface area contributed by atoms with Gasteiger partial charge in [0.15, 0.2) is 0 Å². The van der Waals surface area contributed by atoms with Crippen molar-refractivity contribution in [1.82, 2.24) is 4.98 Å². The third-order valence-corrected chi connectivity index (χ3v) is 3.56. The van der Waals surface area contributed by atoms with Crippen molar-refractivity contribution in [2.45, 2.75) is 20.3 Å². The maximum atomic E-state index is 11.8. The van der Waals surface area contributed by atoms with Crippen LogP contribution in [0.3, 0.4) is 0 Å². The van der Waals surface area contributed by atoms with E-state index in [2.05, 4.69) is 4.98 Å². The summed E-state index contributed by atoms with van der Waals surface area (Å²) in [6, 6.07) is 7.82. The fourth-order valence-corrected chi connectivity index (χ4v) is 2.52. The Kier molecular flexibility index (Phi) is 5.12. The number of ether oxygens (including phenoxy) is 2. The molecule has 0 atom stereocenters. The molecule has 1 heterocycles. The number of thiazole rings is 1. The molecule has 0 spiro atoms. The third-order valence-electron chi connectivity index (χ3n) is 2.71. The minimum absolute atomic E-state index is 0.295. The number of nitrogens with zero attached hydrogens (tertiary/aromatic N) is 1. The summed E-state index contributed by atoms with van der Waals surface area (Å²) in [5.74, 6) is 0.552. The molecule has 2 rings (SSSR count). The highest BCUT2D eigenvalue weighted by Gasteiger charge is 2.15. The average molecular weight is 291 g/mol. The number of esters is 1. The van der Waals surface area contributed by atoms with E-state index in [0.29, 0.717) is 24.5 Å². The van der Waals surface area contributed by atoms with Crippen molar-refractivity contribution in [3.63, 3.8) is 0 Å². The molecule has 106 valence electrons. The Bertz CT molecular complexity index is 563. The highest BCUT2D eigenvalue weighted by Crippen LogP contribution is 2.20. The highest BCUT2D eigenvalue weighted by molar-refractivity contribution is 7.11. The van der Waals surface area contributed by atoms with Crippen LogP contribution in [0, 0.1) is 0 Å². The Morgan fingerprint density at radius 3 is 2.60 bits per heavy atom. The summed E-state index contributed by atoms with van der Waals surface area (Å²) in [4.78, 5) is 16.6. The van der Waals surface area contributed by atoms with Gasteiger partial charge in [-0.2, -0.15) is 0 Å². The fraction of sp³-hybridized carbons (Fsp3) is 0.333. The lowest BCUT2D eigenvalue weighted by atomic mass is 10.1. The van der Waals surface area contributed by atoms with Crippen LogP contribution in [0.2, 0.25) is 0 Å². The predicted octanol–water partition coefficient (Wildman–Crippen LogP) is 3.31. The second-order valence-corrected chi connectivity index (χ2v) is 4.96. The first-order valence-corrected chi connectivity index (χ1v) is 7.43. The van der Waals surface area contributed by atoms with Crippen molar-refractivity contribution in [3.05, 3.63) is 45.9 Å². The largest absolute Gasteiger partial charge is 0.494 e. The Labute approximate surface area is 122 Å². The van der Waals surface area contributed by atoms with Gasteiger partial charge in [-0.15, -0.1) is 11.3 Å². The van der Waals surface area contributed by atoms with Crippen molar-refractivity contribution in [2.75, 3.05) is 13.2 Å². The molecule has 4 nitrogen and oxygen atoms in total. The number of rotatable bonds is 6. The summed E-state index contributed by atoms with van der Waals surface area (Å²) in [5.41, 5.74) is 3.53. The van der Waals surface area contributed by atoms with Crippen molar-refractivity contribution in [2.24, 2.45) is 0 Å². The zero-order valence-corrected chi connectivity index (χ0v) is 12.4. The number of carbonyl (C=O) groups is 1. The average Bonchev–Trinajstić information content (AvgIpc) is 2.90. The number of benzene rings is 1. The summed E-state index contributed by atoms with van der Waals surface area (Å²) in [7, 11) is 0. The van der Waals surface area contributed by atoms with Gasteiger partial charge in [0.2, 0.25) is 0 Å². The maximum absolute atomic E-state index is 11.8. The van der Waals surface area contributed by atoms with E-state index in [1.165, 1.54) is 11.3 Å². The van der Waals surface area contributed by atoms with Crippen LogP contribution in [0.15, 0.2) is 29.8 Å². The lowest BCUT2D eigenvalue weighted by Crippen LogP contribution is -2.06. The quantitative estimate of drug-likeness (QED) is 0.766. The number of hydrogen-bond donors (Lipinski definition) is 0. The van der Waals surface area contributed by atoms with E-state index < -0.39 is 0 Å². The van der Waals surface area contributed by atoms with Gasteiger partial charge in [-0.05, 0) is 31.5 Å². The lowest BCUT2D eigenvalue weighted by molar-refractivity contribution is 0.0530. The molecule has 0 aliphatic carbocycles. The van der Waals surface area contributed by atoms with Gasteiger partial charge < -0.3 is 9.47 Å². The van der Waals surface area contributed by atoms with Gasteiger partial charge >= 0.3 is 5.97 Å². The standard InChI is InChI=1S/C15H17NO3S/c1-3-18-12-7-5-11(6-8-12)9-13-14(20-10-16-13)15(17)19-4-2/h5-8,10H,3-4,9H2,1-2H3. The van der Waals surface area contributed by atoms with Crippen molar-refractivity contribution < 1.29 is 14.3 Å². The van der Waals surface area contributed by atoms with E-state index in [4.69, 9.17) is 9.47 Å². The molecule has 0 saturated carbocycles. The van der Waals surface area contributed by atoms with Crippen LogP contribution in [0.5, 0.6) is 5.75 Å². The van der Waals surface area contributed by atoms with E-state index in [9.17, 15) is 4.79 Å². The molecule has 0 bridgehead atoms. The summed E-state index contributed by atoms with van der Waals surface area (Å²) in [5, 5.41) is 0. The molecule has 20 heavy (non-hydrogen) atoms. The SMILES string of the molecule is CCOC(=O)c1scnc1Cc1ccc(OCC)cc1. The second kappa shape index (κ2) is 7.05. The van der Waals surface area contributed by atoms with Gasteiger partial charge in [0.25, 0.3) is 0 Å². The molecule has 2 aromatic rings. The summed E-state index contributed by atoms with van der Waals surface area (Å²) in [6.45, 7) is 4.78. The monoisotopic (exact) mass is 291 g/mol. The van der Waals surface area contributed by atoms with Gasteiger partial charge in [-0.3, -0.25) is 0 Å². The normalized spacial score (nSPS) is 10.3. The molecule has 0 unspecified atom stereocenters. The summed E-state index contributed by atoms with van der Waals surface area (Å²) < 4.78 is 10.4. The van der Waals surface area contributed by atoms with Gasteiger partial charge in [-0.1, -0.05) is 12.1 Å². The molecule has 0 aliphatic heterocycles.